The minimum Gasteiger partial charge on any atom is -0.494 e. The Balaban J connectivity index is 1.96. The first-order valence-corrected chi connectivity index (χ1v) is 10.9. The first-order valence-electron chi connectivity index (χ1n) is 9.19. The molecule has 1 amide bonds. The van der Waals surface area contributed by atoms with Gasteiger partial charge in [0.25, 0.3) is 5.56 Å². The van der Waals surface area contributed by atoms with Gasteiger partial charge in [-0.1, -0.05) is 35.0 Å². The topological polar surface area (TPSA) is 106 Å². The Labute approximate surface area is 197 Å². The van der Waals surface area contributed by atoms with Crippen molar-refractivity contribution in [2.45, 2.75) is 0 Å². The number of carbonyl (C=O) groups is 1. The number of hydrogen-bond donors (Lipinski definition) is 2. The number of carbonyl (C=O) groups excluding carboxylic acids is 1. The van der Waals surface area contributed by atoms with Crippen molar-refractivity contribution in [1.29, 1.82) is 0 Å². The molecule has 2 aromatic carbocycles. The molecular formula is C21H18Cl2N4O4S. The van der Waals surface area contributed by atoms with Crippen LogP contribution in [0.3, 0.4) is 0 Å². The fourth-order valence-corrected chi connectivity index (χ4v) is 3.76. The number of nitrogens with one attached hydrogen (secondary N) is 1. The second-order valence-electron chi connectivity index (χ2n) is 6.64. The van der Waals surface area contributed by atoms with E-state index in [9.17, 15) is 19.5 Å². The van der Waals surface area contributed by atoms with Gasteiger partial charge in [-0.15, -0.1) is 0 Å². The van der Waals surface area contributed by atoms with Gasteiger partial charge in [0, 0.05) is 29.8 Å². The molecule has 0 aliphatic carbocycles. The number of aliphatic imine (C=N–C) groups is 1. The van der Waals surface area contributed by atoms with Gasteiger partial charge in [0.2, 0.25) is 11.8 Å². The largest absolute Gasteiger partial charge is 0.494 e. The molecule has 0 spiro atoms. The first kappa shape index (κ1) is 23.6. The van der Waals surface area contributed by atoms with Crippen LogP contribution in [-0.2, 0) is 18.9 Å². The van der Waals surface area contributed by atoms with Crippen LogP contribution in [0.2, 0.25) is 10.0 Å². The molecule has 0 unspecified atom stereocenters. The Bertz CT molecular complexity index is 1300. The number of benzene rings is 2. The lowest BCUT2D eigenvalue weighted by Crippen LogP contribution is -2.39. The number of aromatic nitrogens is 2. The molecule has 32 heavy (non-hydrogen) atoms. The van der Waals surface area contributed by atoms with Crippen molar-refractivity contribution in [2.24, 2.45) is 19.1 Å². The van der Waals surface area contributed by atoms with Gasteiger partial charge in [-0.05, 0) is 48.5 Å². The van der Waals surface area contributed by atoms with Gasteiger partial charge in [-0.3, -0.25) is 18.7 Å². The standard InChI is InChI=1S/C21H18Cl2N4O4S/c1-26-19(29)17(20(30)27(2)21(26)31)18(25-15-9-5-13(23)6-10-15)32-11-16(28)24-14-7-3-12(22)4-8-14/h3-10,29H,11H2,1-2H3,(H,24,28). The quantitative estimate of drug-likeness (QED) is 0.418. The minimum absolute atomic E-state index is 0.0762. The maximum absolute atomic E-state index is 12.8. The maximum atomic E-state index is 12.8. The van der Waals surface area contributed by atoms with Crippen LogP contribution < -0.4 is 16.6 Å². The van der Waals surface area contributed by atoms with Crippen LogP contribution in [0.15, 0.2) is 63.1 Å². The third-order valence-electron chi connectivity index (χ3n) is 4.37. The van der Waals surface area contributed by atoms with Gasteiger partial charge in [0.1, 0.15) is 10.6 Å². The monoisotopic (exact) mass is 492 g/mol. The average molecular weight is 493 g/mol. The van der Waals surface area contributed by atoms with Crippen LogP contribution in [0.5, 0.6) is 5.88 Å². The van der Waals surface area contributed by atoms with Crippen LogP contribution in [0.25, 0.3) is 0 Å². The zero-order chi connectivity index (χ0) is 23.4. The number of anilines is 1. The molecule has 3 aromatic rings. The third kappa shape index (κ3) is 5.42. The molecule has 166 valence electrons. The highest BCUT2D eigenvalue weighted by atomic mass is 35.5. The summed E-state index contributed by atoms with van der Waals surface area (Å²) < 4.78 is 1.79. The molecular weight excluding hydrogens is 475 g/mol. The van der Waals surface area contributed by atoms with Gasteiger partial charge in [0.15, 0.2) is 0 Å². The highest BCUT2D eigenvalue weighted by Gasteiger charge is 2.22. The zero-order valence-electron chi connectivity index (χ0n) is 17.0. The molecule has 0 aliphatic heterocycles. The Morgan fingerprint density at radius 1 is 1.00 bits per heavy atom. The Hall–Kier alpha value is -3.01. The summed E-state index contributed by atoms with van der Waals surface area (Å²) in [6.45, 7) is 0. The van der Waals surface area contributed by atoms with E-state index < -0.39 is 17.1 Å². The van der Waals surface area contributed by atoms with Crippen molar-refractivity contribution in [3.63, 3.8) is 0 Å². The first-order chi connectivity index (χ1) is 15.2. The van der Waals surface area contributed by atoms with Crippen LogP contribution in [0.1, 0.15) is 5.56 Å². The summed E-state index contributed by atoms with van der Waals surface area (Å²) in [7, 11) is 2.63. The Morgan fingerprint density at radius 2 is 1.56 bits per heavy atom. The van der Waals surface area contributed by atoms with E-state index in [1.165, 1.54) is 14.1 Å². The van der Waals surface area contributed by atoms with Gasteiger partial charge >= 0.3 is 5.69 Å². The average Bonchev–Trinajstić information content (AvgIpc) is 2.77. The molecule has 2 N–H and O–H groups in total. The van der Waals surface area contributed by atoms with Crippen LogP contribution >= 0.6 is 35.0 Å². The van der Waals surface area contributed by atoms with Crippen LogP contribution in [-0.4, -0.2) is 30.9 Å². The van der Waals surface area contributed by atoms with Crippen molar-refractivity contribution in [3.8, 4) is 5.88 Å². The number of amides is 1. The van der Waals surface area contributed by atoms with E-state index in [2.05, 4.69) is 10.3 Å². The van der Waals surface area contributed by atoms with Gasteiger partial charge in [-0.25, -0.2) is 9.79 Å². The van der Waals surface area contributed by atoms with E-state index in [0.29, 0.717) is 21.4 Å². The highest BCUT2D eigenvalue weighted by Crippen LogP contribution is 2.24. The summed E-state index contributed by atoms with van der Waals surface area (Å²) in [6, 6.07) is 13.1. The maximum Gasteiger partial charge on any atom is 0.333 e. The predicted molar refractivity (Wildman–Crippen MR) is 129 cm³/mol. The van der Waals surface area contributed by atoms with E-state index in [0.717, 1.165) is 20.9 Å². The third-order valence-corrected chi connectivity index (χ3v) is 5.85. The molecule has 11 heteroatoms. The summed E-state index contributed by atoms with van der Waals surface area (Å²) in [5, 5.41) is 14.4. The molecule has 0 saturated heterocycles. The number of nitrogens with zero attached hydrogens (tertiary/aromatic N) is 3. The Kier molecular flexibility index (Phi) is 7.44. The number of aromatic hydroxyl groups is 1. The SMILES string of the molecule is Cn1c(O)c(C(=Nc2ccc(Cl)cc2)SCC(=O)Nc2ccc(Cl)cc2)c(=O)n(C)c1=O. The van der Waals surface area contributed by atoms with Gasteiger partial charge in [0.05, 0.1) is 11.4 Å². The van der Waals surface area contributed by atoms with Crippen LogP contribution in [0.4, 0.5) is 11.4 Å². The number of thioether (sulfide) groups is 1. The molecule has 3 rings (SSSR count). The van der Waals surface area contributed by atoms with Crippen molar-refractivity contribution in [1.82, 2.24) is 9.13 Å². The number of halogens is 2. The molecule has 0 bridgehead atoms. The van der Waals surface area contributed by atoms with Crippen LogP contribution in [0, 0.1) is 0 Å². The number of rotatable bonds is 5. The molecule has 0 saturated carbocycles. The van der Waals surface area contributed by atoms with Gasteiger partial charge in [-0.2, -0.15) is 0 Å². The van der Waals surface area contributed by atoms with E-state index in [1.54, 1.807) is 48.5 Å². The Morgan fingerprint density at radius 3 is 2.16 bits per heavy atom. The zero-order valence-corrected chi connectivity index (χ0v) is 19.3. The summed E-state index contributed by atoms with van der Waals surface area (Å²) >= 11 is 12.7. The lowest BCUT2D eigenvalue weighted by atomic mass is 10.3. The second kappa shape index (κ2) is 10.1. The molecule has 0 atom stereocenters. The summed E-state index contributed by atoms with van der Waals surface area (Å²) in [4.78, 5) is 41.8. The minimum atomic E-state index is -0.732. The number of hydrogen-bond acceptors (Lipinski definition) is 6. The molecule has 1 heterocycles. The molecule has 0 fully saturated rings. The van der Waals surface area contributed by atoms with E-state index >= 15 is 0 Å². The van der Waals surface area contributed by atoms with Gasteiger partial charge < -0.3 is 10.4 Å². The predicted octanol–water partition coefficient (Wildman–Crippen LogP) is 3.55. The normalized spacial score (nSPS) is 11.4. The summed E-state index contributed by atoms with van der Waals surface area (Å²) in [5.41, 5.74) is -0.604. The second-order valence-corrected chi connectivity index (χ2v) is 8.48. The molecule has 0 aliphatic rings. The fourth-order valence-electron chi connectivity index (χ4n) is 2.68. The fraction of sp³-hybridized carbons (Fsp3) is 0.143. The van der Waals surface area contributed by atoms with Crippen molar-refractivity contribution in [3.05, 3.63) is 85.0 Å². The molecule has 8 nitrogen and oxygen atoms in total. The molecule has 0 radical (unpaired) electrons. The summed E-state index contributed by atoms with van der Waals surface area (Å²) in [6.07, 6.45) is 0. The van der Waals surface area contributed by atoms with E-state index in [4.69, 9.17) is 23.2 Å². The van der Waals surface area contributed by atoms with Crippen molar-refractivity contribution < 1.29 is 9.90 Å². The molecule has 1 aromatic heterocycles. The van der Waals surface area contributed by atoms with Crippen molar-refractivity contribution >= 4 is 57.3 Å². The summed E-state index contributed by atoms with van der Waals surface area (Å²) in [5.74, 6) is -1.01. The smallest absolute Gasteiger partial charge is 0.333 e. The van der Waals surface area contributed by atoms with E-state index in [1.807, 2.05) is 0 Å². The van der Waals surface area contributed by atoms with E-state index in [-0.39, 0.29) is 22.3 Å². The lowest BCUT2D eigenvalue weighted by Gasteiger charge is -2.12. The highest BCUT2D eigenvalue weighted by molar-refractivity contribution is 8.15. The van der Waals surface area contributed by atoms with Crippen molar-refractivity contribution in [2.75, 3.05) is 11.1 Å². The lowest BCUT2D eigenvalue weighted by molar-refractivity contribution is -0.113.